The second kappa shape index (κ2) is 23.3. The van der Waals surface area contributed by atoms with Gasteiger partial charge in [0.2, 0.25) is 0 Å². The van der Waals surface area contributed by atoms with Crippen molar-refractivity contribution >= 4 is 5.97 Å². The van der Waals surface area contributed by atoms with Crippen LogP contribution in [0.1, 0.15) is 124 Å². The van der Waals surface area contributed by atoms with E-state index >= 15 is 0 Å². The number of hydrogen-bond donors (Lipinski definition) is 0. The van der Waals surface area contributed by atoms with E-state index in [9.17, 15) is 9.90 Å². The maximum absolute atomic E-state index is 11.3. The van der Waals surface area contributed by atoms with Crippen LogP contribution in [0.2, 0.25) is 0 Å². The maximum atomic E-state index is 11.3. The number of hydrogen-bond acceptors (Lipinski definition) is 3. The quantitative estimate of drug-likeness (QED) is 0.230. The summed E-state index contributed by atoms with van der Waals surface area (Å²) in [5.74, 6) is -0.927. The third-order valence-corrected chi connectivity index (χ3v) is 5.49. The second-order valence-electron chi connectivity index (χ2n) is 7.98. The molecule has 0 amide bonds. The van der Waals surface area contributed by atoms with Gasteiger partial charge in [-0.3, -0.25) is 4.90 Å². The van der Waals surface area contributed by atoms with Crippen molar-refractivity contribution in [3.63, 3.8) is 0 Å². The van der Waals surface area contributed by atoms with Crippen molar-refractivity contribution in [1.29, 1.82) is 0 Å². The van der Waals surface area contributed by atoms with Crippen LogP contribution >= 0.6 is 0 Å². The van der Waals surface area contributed by atoms with Crippen molar-refractivity contribution in [3.8, 4) is 0 Å². The molecule has 3 nitrogen and oxygen atoms in total. The first-order chi connectivity index (χ1) is 12.6. The molecule has 0 aromatic carbocycles. The summed E-state index contributed by atoms with van der Waals surface area (Å²) in [6.07, 6.45) is 20.6. The molecule has 0 aliphatic heterocycles. The van der Waals surface area contributed by atoms with Crippen LogP contribution in [-0.4, -0.2) is 30.0 Å². The molecule has 1 atom stereocenters. The van der Waals surface area contributed by atoms with Crippen LogP contribution in [-0.2, 0) is 4.79 Å². The van der Waals surface area contributed by atoms with Crippen LogP contribution in [0.5, 0.6) is 0 Å². The van der Waals surface area contributed by atoms with Crippen LogP contribution < -0.4 is 56.5 Å². The first kappa shape index (κ1) is 30.3. The Labute approximate surface area is 212 Å². The number of rotatable bonds is 20. The fourth-order valence-corrected chi connectivity index (χ4v) is 3.55. The molecule has 0 fully saturated rings. The van der Waals surface area contributed by atoms with E-state index in [2.05, 4.69) is 18.7 Å². The molecule has 0 heterocycles. The Hall–Kier alpha value is 1.07. The fourth-order valence-electron chi connectivity index (χ4n) is 3.55. The van der Waals surface area contributed by atoms with Gasteiger partial charge in [-0.05, 0) is 32.9 Å². The number of carbonyl (C=O) groups is 1. The van der Waals surface area contributed by atoms with Gasteiger partial charge in [0.15, 0.2) is 0 Å². The Bertz CT molecular complexity index is 293. The van der Waals surface area contributed by atoms with Gasteiger partial charge in [-0.15, -0.1) is 0 Å². The molecule has 0 spiro atoms. The van der Waals surface area contributed by atoms with E-state index in [1.165, 1.54) is 89.9 Å². The average molecular weight is 408 g/mol. The van der Waals surface area contributed by atoms with Crippen molar-refractivity contribution in [2.24, 2.45) is 0 Å². The molecular formula is C23H46KNO2. The normalized spacial score (nSPS) is 12.1. The monoisotopic (exact) mass is 407 g/mol. The molecule has 0 aromatic rings. The maximum Gasteiger partial charge on any atom is 1.00 e. The van der Waals surface area contributed by atoms with Crippen molar-refractivity contribution in [2.75, 3.05) is 13.1 Å². The van der Waals surface area contributed by atoms with Gasteiger partial charge < -0.3 is 9.90 Å². The Morgan fingerprint density at radius 2 is 0.963 bits per heavy atom. The molecule has 0 aliphatic carbocycles. The molecule has 1 unspecified atom stereocenters. The van der Waals surface area contributed by atoms with E-state index in [1.54, 1.807) is 6.92 Å². The Balaban J connectivity index is 0. The van der Waals surface area contributed by atoms with Crippen LogP contribution in [0.4, 0.5) is 0 Å². The Morgan fingerprint density at radius 3 is 1.26 bits per heavy atom. The summed E-state index contributed by atoms with van der Waals surface area (Å²) < 4.78 is 0. The van der Waals surface area contributed by atoms with Gasteiger partial charge in [-0.1, -0.05) is 104 Å². The van der Waals surface area contributed by atoms with Gasteiger partial charge in [0, 0.05) is 6.04 Å². The van der Waals surface area contributed by atoms with Crippen LogP contribution in [0.25, 0.3) is 0 Å². The predicted octanol–water partition coefficient (Wildman–Crippen LogP) is 2.71. The van der Waals surface area contributed by atoms with E-state index in [0.29, 0.717) is 0 Å². The van der Waals surface area contributed by atoms with Crippen molar-refractivity contribution in [2.45, 2.75) is 130 Å². The molecule has 0 aromatic heterocycles. The third kappa shape index (κ3) is 20.1. The molecule has 0 saturated heterocycles. The molecule has 0 N–H and O–H groups in total. The standard InChI is InChI=1S/C23H47NO2.K/c1-4-6-8-10-12-14-16-18-20-24(22(3)23(25)26)21-19-17-15-13-11-9-7-5-2;/h22H,4-21H2,1-3H3,(H,25,26);/q;+1/p-1. The number of carboxylic acid groups (broad SMARTS) is 1. The molecular weight excluding hydrogens is 361 g/mol. The molecule has 0 saturated carbocycles. The summed E-state index contributed by atoms with van der Waals surface area (Å²) in [5, 5.41) is 11.3. The van der Waals surface area contributed by atoms with Crippen molar-refractivity contribution in [3.05, 3.63) is 0 Å². The number of unbranched alkanes of at least 4 members (excludes halogenated alkanes) is 14. The zero-order valence-electron chi connectivity index (χ0n) is 19.1. The molecule has 0 bridgehead atoms. The molecule has 0 rings (SSSR count). The summed E-state index contributed by atoms with van der Waals surface area (Å²) in [6, 6.07) is -0.455. The van der Waals surface area contributed by atoms with E-state index in [-0.39, 0.29) is 51.4 Å². The topological polar surface area (TPSA) is 43.4 Å². The van der Waals surface area contributed by atoms with Crippen LogP contribution in [0, 0.1) is 0 Å². The van der Waals surface area contributed by atoms with Gasteiger partial charge in [0.05, 0.1) is 5.97 Å². The number of aliphatic carboxylic acids is 1. The fraction of sp³-hybridized carbons (Fsp3) is 0.957. The summed E-state index contributed by atoms with van der Waals surface area (Å²) in [4.78, 5) is 13.4. The van der Waals surface area contributed by atoms with E-state index in [4.69, 9.17) is 0 Å². The van der Waals surface area contributed by atoms with Gasteiger partial charge in [0.1, 0.15) is 0 Å². The molecule has 0 radical (unpaired) electrons. The summed E-state index contributed by atoms with van der Waals surface area (Å²) in [7, 11) is 0. The van der Waals surface area contributed by atoms with Gasteiger partial charge in [-0.2, -0.15) is 0 Å². The third-order valence-electron chi connectivity index (χ3n) is 5.49. The minimum absolute atomic E-state index is 0. The minimum atomic E-state index is -0.927. The SMILES string of the molecule is CCCCCCCCCCN(CCCCCCCCCC)C(C)C(=O)[O-].[K+]. The zero-order valence-corrected chi connectivity index (χ0v) is 22.2. The average Bonchev–Trinajstić information content (AvgIpc) is 2.63. The van der Waals surface area contributed by atoms with Gasteiger partial charge in [-0.25, -0.2) is 0 Å². The number of nitrogens with zero attached hydrogens (tertiary/aromatic N) is 1. The van der Waals surface area contributed by atoms with Crippen molar-refractivity contribution < 1.29 is 61.3 Å². The van der Waals surface area contributed by atoms with E-state index in [1.807, 2.05) is 0 Å². The minimum Gasteiger partial charge on any atom is -0.548 e. The van der Waals surface area contributed by atoms with Gasteiger partial charge >= 0.3 is 51.4 Å². The van der Waals surface area contributed by atoms with E-state index < -0.39 is 12.0 Å². The zero-order chi connectivity index (χ0) is 19.5. The molecule has 0 aliphatic rings. The Kier molecular flexibility index (Phi) is 26.2. The summed E-state index contributed by atoms with van der Waals surface area (Å²) in [6.45, 7) is 8.09. The van der Waals surface area contributed by atoms with Crippen LogP contribution in [0.15, 0.2) is 0 Å². The van der Waals surface area contributed by atoms with Crippen molar-refractivity contribution in [1.82, 2.24) is 4.90 Å². The predicted molar refractivity (Wildman–Crippen MR) is 111 cm³/mol. The smallest absolute Gasteiger partial charge is 0.548 e. The molecule has 27 heavy (non-hydrogen) atoms. The summed E-state index contributed by atoms with van der Waals surface area (Å²) in [5.41, 5.74) is 0. The first-order valence-electron chi connectivity index (χ1n) is 11.6. The Morgan fingerprint density at radius 1 is 0.667 bits per heavy atom. The molecule has 4 heteroatoms. The largest absolute Gasteiger partial charge is 1.00 e. The second-order valence-corrected chi connectivity index (χ2v) is 7.98. The number of carboxylic acids is 1. The van der Waals surface area contributed by atoms with E-state index in [0.717, 1.165) is 25.9 Å². The number of carbonyl (C=O) groups excluding carboxylic acids is 1. The first-order valence-corrected chi connectivity index (χ1v) is 11.6. The molecule has 156 valence electrons. The van der Waals surface area contributed by atoms with Gasteiger partial charge in [0.25, 0.3) is 0 Å². The summed E-state index contributed by atoms with van der Waals surface area (Å²) >= 11 is 0. The van der Waals surface area contributed by atoms with Crippen LogP contribution in [0.3, 0.4) is 0 Å².